The van der Waals surface area contributed by atoms with Gasteiger partial charge in [0.05, 0.1) is 0 Å². The molecule has 2 bridgehead atoms. The lowest BCUT2D eigenvalue weighted by atomic mass is 9.96. The van der Waals surface area contributed by atoms with Crippen molar-refractivity contribution in [2.24, 2.45) is 11.8 Å². The Hall–Kier alpha value is -0.880. The molecule has 0 radical (unpaired) electrons. The van der Waals surface area contributed by atoms with Crippen LogP contribution < -0.4 is 10.6 Å². The summed E-state index contributed by atoms with van der Waals surface area (Å²) in [6, 6.07) is 7.41. The van der Waals surface area contributed by atoms with Crippen molar-refractivity contribution in [2.45, 2.75) is 42.4 Å². The molecular weight excluding hydrogens is 310 g/mol. The third kappa shape index (κ3) is 3.86. The summed E-state index contributed by atoms with van der Waals surface area (Å²) in [5, 5.41) is 7.16. The Balaban J connectivity index is 1.50. The second-order valence-electron chi connectivity index (χ2n) is 5.78. The van der Waals surface area contributed by atoms with Gasteiger partial charge in [-0.15, -0.1) is 0 Å². The van der Waals surface area contributed by atoms with E-state index in [9.17, 15) is 8.78 Å². The molecule has 3 atom stereocenters. The highest BCUT2D eigenvalue weighted by Gasteiger charge is 2.39. The highest BCUT2D eigenvalue weighted by Crippen LogP contribution is 2.44. The summed E-state index contributed by atoms with van der Waals surface area (Å²) >= 11 is 5.89. The molecule has 0 unspecified atom stereocenters. The number of hydrogen-bond acceptors (Lipinski definition) is 2. The van der Waals surface area contributed by atoms with Crippen molar-refractivity contribution in [2.75, 3.05) is 5.32 Å². The summed E-state index contributed by atoms with van der Waals surface area (Å²) in [4.78, 5) is 0.558. The Morgan fingerprint density at radius 1 is 1.19 bits per heavy atom. The molecule has 1 aromatic carbocycles. The number of alkyl halides is 2. The standard InChI is InChI=1S/C15H18F2N2S2/c16-14(17)21-12-5-3-11(4-6-12)18-15(20)19-13-8-9-1-2-10(13)7-9/h3-6,9-10,13-14H,1-2,7-8H2,(H2,18,19,20)/t9-,10-,13+/m0/s1. The number of fused-ring (bicyclic) bond motifs is 2. The van der Waals surface area contributed by atoms with E-state index in [-0.39, 0.29) is 0 Å². The average Bonchev–Trinajstić information content (AvgIpc) is 3.02. The van der Waals surface area contributed by atoms with Gasteiger partial charge in [0.25, 0.3) is 5.76 Å². The summed E-state index contributed by atoms with van der Waals surface area (Å²) in [6.45, 7) is 0. The van der Waals surface area contributed by atoms with E-state index in [0.29, 0.717) is 27.8 Å². The molecule has 2 saturated carbocycles. The van der Waals surface area contributed by atoms with Crippen LogP contribution >= 0.6 is 24.0 Å². The van der Waals surface area contributed by atoms with E-state index in [1.54, 1.807) is 24.3 Å². The first-order valence-electron chi connectivity index (χ1n) is 7.22. The summed E-state index contributed by atoms with van der Waals surface area (Å²) in [6.07, 6.45) is 5.23. The van der Waals surface area contributed by atoms with E-state index < -0.39 is 5.76 Å². The van der Waals surface area contributed by atoms with Crippen molar-refractivity contribution in [1.29, 1.82) is 0 Å². The van der Waals surface area contributed by atoms with Crippen LogP contribution in [0.25, 0.3) is 0 Å². The lowest BCUT2D eigenvalue weighted by Crippen LogP contribution is -2.40. The SMILES string of the molecule is FC(F)Sc1ccc(NC(=S)N[C@@H]2C[C@H]3CC[C@H]2C3)cc1. The molecule has 21 heavy (non-hydrogen) atoms. The first-order chi connectivity index (χ1) is 10.1. The predicted octanol–water partition coefficient (Wildman–Crippen LogP) is 4.48. The number of thioether (sulfide) groups is 1. The fourth-order valence-electron chi connectivity index (χ4n) is 3.48. The lowest BCUT2D eigenvalue weighted by molar-refractivity contribution is 0.252. The van der Waals surface area contributed by atoms with Gasteiger partial charge < -0.3 is 10.6 Å². The van der Waals surface area contributed by atoms with Crippen molar-refractivity contribution in [3.8, 4) is 0 Å². The van der Waals surface area contributed by atoms with E-state index in [1.807, 2.05) is 0 Å². The Morgan fingerprint density at radius 2 is 1.95 bits per heavy atom. The van der Waals surface area contributed by atoms with Crippen LogP contribution in [0.15, 0.2) is 29.2 Å². The van der Waals surface area contributed by atoms with Crippen molar-refractivity contribution in [3.05, 3.63) is 24.3 Å². The molecule has 0 spiro atoms. The molecule has 2 aliphatic rings. The molecule has 0 aromatic heterocycles. The molecular formula is C15H18F2N2S2. The summed E-state index contributed by atoms with van der Waals surface area (Å²) in [7, 11) is 0. The molecule has 0 aliphatic heterocycles. The summed E-state index contributed by atoms with van der Waals surface area (Å²) in [5.74, 6) is -0.745. The first kappa shape index (κ1) is 15.0. The van der Waals surface area contributed by atoms with Gasteiger partial charge in [-0.2, -0.15) is 8.78 Å². The van der Waals surface area contributed by atoms with Crippen LogP contribution in [0.3, 0.4) is 0 Å². The lowest BCUT2D eigenvalue weighted by Gasteiger charge is -2.24. The largest absolute Gasteiger partial charge is 0.359 e. The number of benzene rings is 1. The molecule has 3 rings (SSSR count). The van der Waals surface area contributed by atoms with Gasteiger partial charge in [-0.3, -0.25) is 0 Å². The van der Waals surface area contributed by atoms with Gasteiger partial charge >= 0.3 is 0 Å². The van der Waals surface area contributed by atoms with Gasteiger partial charge in [0, 0.05) is 16.6 Å². The van der Waals surface area contributed by atoms with Crippen molar-refractivity contribution >= 4 is 34.8 Å². The predicted molar refractivity (Wildman–Crippen MR) is 86.9 cm³/mol. The average molecular weight is 328 g/mol. The maximum atomic E-state index is 12.2. The highest BCUT2D eigenvalue weighted by atomic mass is 32.2. The Labute approximate surface area is 133 Å². The minimum atomic E-state index is -2.38. The third-order valence-electron chi connectivity index (χ3n) is 4.39. The van der Waals surface area contributed by atoms with E-state index in [4.69, 9.17) is 12.2 Å². The topological polar surface area (TPSA) is 24.1 Å². The zero-order valence-electron chi connectivity index (χ0n) is 11.5. The van der Waals surface area contributed by atoms with Crippen LogP contribution in [-0.2, 0) is 0 Å². The molecule has 0 saturated heterocycles. The number of rotatable bonds is 4. The smallest absolute Gasteiger partial charge is 0.288 e. The Bertz CT molecular complexity index is 507. The van der Waals surface area contributed by atoms with E-state index in [0.717, 1.165) is 17.5 Å². The van der Waals surface area contributed by atoms with E-state index >= 15 is 0 Å². The number of nitrogens with one attached hydrogen (secondary N) is 2. The molecule has 1 aromatic rings. The van der Waals surface area contributed by atoms with Gasteiger partial charge in [-0.25, -0.2) is 0 Å². The zero-order chi connectivity index (χ0) is 14.8. The van der Waals surface area contributed by atoms with E-state index in [1.165, 1.54) is 25.7 Å². The maximum absolute atomic E-state index is 12.2. The molecule has 2 N–H and O–H groups in total. The number of halogens is 2. The number of hydrogen-bond donors (Lipinski definition) is 2. The van der Waals surface area contributed by atoms with Gasteiger partial charge in [0.15, 0.2) is 5.11 Å². The molecule has 2 nitrogen and oxygen atoms in total. The van der Waals surface area contributed by atoms with Crippen LogP contribution in [0.5, 0.6) is 0 Å². The van der Waals surface area contributed by atoms with Crippen LogP contribution in [0.1, 0.15) is 25.7 Å². The third-order valence-corrected chi connectivity index (χ3v) is 5.33. The van der Waals surface area contributed by atoms with Gasteiger partial charge in [0.1, 0.15) is 0 Å². The number of anilines is 1. The van der Waals surface area contributed by atoms with Gasteiger partial charge in [-0.1, -0.05) is 18.2 Å². The Morgan fingerprint density at radius 3 is 2.52 bits per heavy atom. The van der Waals surface area contributed by atoms with Crippen molar-refractivity contribution in [3.63, 3.8) is 0 Å². The normalized spacial score (nSPS) is 27.1. The molecule has 2 fully saturated rings. The van der Waals surface area contributed by atoms with Crippen LogP contribution in [0, 0.1) is 11.8 Å². The molecule has 0 amide bonds. The second kappa shape index (κ2) is 6.48. The van der Waals surface area contributed by atoms with E-state index in [2.05, 4.69) is 10.6 Å². The Kier molecular flexibility index (Phi) is 4.64. The van der Waals surface area contributed by atoms with Gasteiger partial charge in [-0.05, 0) is 67.6 Å². The highest BCUT2D eigenvalue weighted by molar-refractivity contribution is 7.99. The zero-order valence-corrected chi connectivity index (χ0v) is 13.2. The summed E-state index contributed by atoms with van der Waals surface area (Å²) in [5.41, 5.74) is 0.828. The molecule has 6 heteroatoms. The van der Waals surface area contributed by atoms with Crippen molar-refractivity contribution in [1.82, 2.24) is 5.32 Å². The number of thiocarbonyl (C=S) groups is 1. The van der Waals surface area contributed by atoms with Gasteiger partial charge in [0.2, 0.25) is 0 Å². The summed E-state index contributed by atoms with van der Waals surface area (Å²) < 4.78 is 24.5. The molecule has 0 heterocycles. The maximum Gasteiger partial charge on any atom is 0.288 e. The minimum absolute atomic E-state index is 0.498. The second-order valence-corrected chi connectivity index (χ2v) is 7.25. The minimum Gasteiger partial charge on any atom is -0.359 e. The first-order valence-corrected chi connectivity index (χ1v) is 8.51. The van der Waals surface area contributed by atoms with Crippen LogP contribution in [0.4, 0.5) is 14.5 Å². The fourth-order valence-corrected chi connectivity index (χ4v) is 4.24. The van der Waals surface area contributed by atoms with Crippen LogP contribution in [-0.4, -0.2) is 16.9 Å². The fraction of sp³-hybridized carbons (Fsp3) is 0.533. The molecule has 114 valence electrons. The quantitative estimate of drug-likeness (QED) is 0.629. The monoisotopic (exact) mass is 328 g/mol. The van der Waals surface area contributed by atoms with Crippen LogP contribution in [0.2, 0.25) is 0 Å². The van der Waals surface area contributed by atoms with Crippen molar-refractivity contribution < 1.29 is 8.78 Å². The molecule has 2 aliphatic carbocycles.